The highest BCUT2D eigenvalue weighted by Gasteiger charge is 2.20. The van der Waals surface area contributed by atoms with Crippen molar-refractivity contribution in [1.29, 1.82) is 0 Å². The maximum Gasteiger partial charge on any atom is 0.278 e. The Balaban J connectivity index is 1.61. The summed E-state index contributed by atoms with van der Waals surface area (Å²) in [5.41, 5.74) is 1.15. The Morgan fingerprint density at radius 2 is 2.10 bits per heavy atom. The molecule has 3 heterocycles. The number of methoxy groups -OCH3 is 1. The van der Waals surface area contributed by atoms with E-state index >= 15 is 0 Å². The smallest absolute Gasteiger partial charge is 0.278 e. The van der Waals surface area contributed by atoms with Crippen LogP contribution in [0.15, 0.2) is 42.6 Å². The van der Waals surface area contributed by atoms with Crippen molar-refractivity contribution in [3.63, 3.8) is 0 Å². The average Bonchev–Trinajstić information content (AvgIpc) is 3.33. The predicted octanol–water partition coefficient (Wildman–Crippen LogP) is 2.91. The van der Waals surface area contributed by atoms with Crippen molar-refractivity contribution in [2.24, 2.45) is 0 Å². The third-order valence-electron chi connectivity index (χ3n) is 4.21. The summed E-state index contributed by atoms with van der Waals surface area (Å²) in [5.74, 6) is -0.764. The standard InChI is InChI=1S/C19H17FN6O2S/c1-28-10-8-15-23-24-19(29-15)22-18(27)16-13-6-4-9-21-17(13)26(25-16)11-12-5-2-3-7-14(12)20/h2-7,9H,8,10-11H2,1H3,(H,22,24,27). The monoisotopic (exact) mass is 412 g/mol. The Labute approximate surface area is 169 Å². The molecule has 1 aromatic carbocycles. The highest BCUT2D eigenvalue weighted by Crippen LogP contribution is 2.21. The summed E-state index contributed by atoms with van der Waals surface area (Å²) < 4.78 is 20.6. The maximum atomic E-state index is 14.1. The Bertz CT molecular complexity index is 1160. The second-order valence-corrected chi connectivity index (χ2v) is 7.23. The van der Waals surface area contributed by atoms with E-state index in [0.717, 1.165) is 5.01 Å². The van der Waals surface area contributed by atoms with E-state index in [0.29, 0.717) is 34.8 Å². The number of nitrogens with zero attached hydrogens (tertiary/aromatic N) is 5. The fourth-order valence-electron chi connectivity index (χ4n) is 2.83. The summed E-state index contributed by atoms with van der Waals surface area (Å²) in [7, 11) is 1.61. The second kappa shape index (κ2) is 8.41. The fourth-order valence-corrected chi connectivity index (χ4v) is 3.54. The zero-order valence-electron chi connectivity index (χ0n) is 15.5. The molecule has 3 aromatic heterocycles. The van der Waals surface area contributed by atoms with Gasteiger partial charge in [0.25, 0.3) is 5.91 Å². The molecule has 8 nitrogen and oxygen atoms in total. The lowest BCUT2D eigenvalue weighted by atomic mass is 10.2. The van der Waals surface area contributed by atoms with Crippen LogP contribution in [0.3, 0.4) is 0 Å². The number of aromatic nitrogens is 5. The van der Waals surface area contributed by atoms with Crippen molar-refractivity contribution in [1.82, 2.24) is 25.0 Å². The molecular weight excluding hydrogens is 395 g/mol. The van der Waals surface area contributed by atoms with Gasteiger partial charge in [-0.1, -0.05) is 29.5 Å². The van der Waals surface area contributed by atoms with Crippen LogP contribution in [0.5, 0.6) is 0 Å². The number of carbonyl (C=O) groups excluding carboxylic acids is 1. The number of fused-ring (bicyclic) bond motifs is 1. The van der Waals surface area contributed by atoms with Crippen molar-refractivity contribution >= 4 is 33.4 Å². The van der Waals surface area contributed by atoms with Crippen molar-refractivity contribution in [2.75, 3.05) is 19.0 Å². The molecule has 0 saturated carbocycles. The number of rotatable bonds is 7. The lowest BCUT2D eigenvalue weighted by Gasteiger charge is -2.04. The van der Waals surface area contributed by atoms with Gasteiger partial charge in [0.05, 0.1) is 18.5 Å². The topological polar surface area (TPSA) is 94.8 Å². The summed E-state index contributed by atoms with van der Waals surface area (Å²) >= 11 is 1.28. The lowest BCUT2D eigenvalue weighted by molar-refractivity contribution is 0.102. The molecule has 0 radical (unpaired) electrons. The van der Waals surface area contributed by atoms with Crippen LogP contribution < -0.4 is 5.32 Å². The minimum Gasteiger partial charge on any atom is -0.384 e. The molecule has 0 fully saturated rings. The van der Waals surface area contributed by atoms with Crippen LogP contribution in [-0.4, -0.2) is 44.6 Å². The van der Waals surface area contributed by atoms with E-state index in [1.54, 1.807) is 43.6 Å². The Morgan fingerprint density at radius 3 is 2.93 bits per heavy atom. The maximum absolute atomic E-state index is 14.1. The molecule has 0 saturated heterocycles. The zero-order valence-corrected chi connectivity index (χ0v) is 16.3. The molecular formula is C19H17FN6O2S. The number of benzene rings is 1. The summed E-state index contributed by atoms with van der Waals surface area (Å²) in [6, 6.07) is 9.92. The Morgan fingerprint density at radius 1 is 1.24 bits per heavy atom. The van der Waals surface area contributed by atoms with Gasteiger partial charge < -0.3 is 4.74 Å². The van der Waals surface area contributed by atoms with Gasteiger partial charge in [0.1, 0.15) is 10.8 Å². The van der Waals surface area contributed by atoms with Crippen LogP contribution in [0.4, 0.5) is 9.52 Å². The van der Waals surface area contributed by atoms with E-state index < -0.39 is 5.91 Å². The molecule has 29 heavy (non-hydrogen) atoms. The molecule has 4 rings (SSSR count). The van der Waals surface area contributed by atoms with E-state index in [9.17, 15) is 9.18 Å². The Kier molecular flexibility index (Phi) is 5.54. The van der Waals surface area contributed by atoms with E-state index in [1.807, 2.05) is 0 Å². The van der Waals surface area contributed by atoms with Crippen LogP contribution >= 0.6 is 11.3 Å². The number of hydrogen-bond donors (Lipinski definition) is 1. The number of hydrogen-bond acceptors (Lipinski definition) is 7. The molecule has 4 aromatic rings. The number of nitrogens with one attached hydrogen (secondary N) is 1. The summed E-state index contributed by atoms with van der Waals surface area (Å²) in [4.78, 5) is 17.1. The van der Waals surface area contributed by atoms with Gasteiger partial charge in [-0.2, -0.15) is 5.10 Å². The average molecular weight is 412 g/mol. The number of anilines is 1. The molecule has 0 spiro atoms. The number of amides is 1. The first-order valence-electron chi connectivity index (χ1n) is 8.83. The molecule has 0 unspecified atom stereocenters. The minimum atomic E-state index is -0.426. The second-order valence-electron chi connectivity index (χ2n) is 6.17. The van der Waals surface area contributed by atoms with Crippen LogP contribution in [0, 0.1) is 5.82 Å². The van der Waals surface area contributed by atoms with E-state index in [4.69, 9.17) is 4.74 Å². The van der Waals surface area contributed by atoms with Gasteiger partial charge in [0.15, 0.2) is 11.3 Å². The van der Waals surface area contributed by atoms with Gasteiger partial charge in [0, 0.05) is 25.3 Å². The predicted molar refractivity (Wildman–Crippen MR) is 106 cm³/mol. The molecule has 0 aliphatic rings. The molecule has 148 valence electrons. The Hall–Kier alpha value is -3.24. The highest BCUT2D eigenvalue weighted by atomic mass is 32.1. The van der Waals surface area contributed by atoms with Gasteiger partial charge in [0.2, 0.25) is 5.13 Å². The number of pyridine rings is 1. The van der Waals surface area contributed by atoms with Crippen molar-refractivity contribution in [3.8, 4) is 0 Å². The highest BCUT2D eigenvalue weighted by molar-refractivity contribution is 7.15. The lowest BCUT2D eigenvalue weighted by Crippen LogP contribution is -2.14. The van der Waals surface area contributed by atoms with Gasteiger partial charge >= 0.3 is 0 Å². The summed E-state index contributed by atoms with van der Waals surface area (Å²) in [6.45, 7) is 0.687. The zero-order chi connectivity index (χ0) is 20.2. The third-order valence-corrected chi connectivity index (χ3v) is 5.11. The van der Waals surface area contributed by atoms with Crippen LogP contribution in [0.2, 0.25) is 0 Å². The van der Waals surface area contributed by atoms with Crippen molar-refractivity contribution in [2.45, 2.75) is 13.0 Å². The van der Waals surface area contributed by atoms with E-state index in [1.165, 1.54) is 22.1 Å². The first-order chi connectivity index (χ1) is 14.2. The van der Waals surface area contributed by atoms with Crippen LogP contribution in [-0.2, 0) is 17.7 Å². The first-order valence-corrected chi connectivity index (χ1v) is 9.65. The van der Waals surface area contributed by atoms with Crippen LogP contribution in [0.25, 0.3) is 11.0 Å². The molecule has 0 bridgehead atoms. The fraction of sp³-hybridized carbons (Fsp3) is 0.211. The first kappa shape index (κ1) is 19.1. The van der Waals surface area contributed by atoms with Crippen molar-refractivity contribution < 1.29 is 13.9 Å². The third kappa shape index (κ3) is 4.13. The summed E-state index contributed by atoms with van der Waals surface area (Å²) in [6.07, 6.45) is 2.23. The minimum absolute atomic E-state index is 0.160. The molecule has 1 N–H and O–H groups in total. The van der Waals surface area contributed by atoms with Gasteiger partial charge in [-0.05, 0) is 18.2 Å². The van der Waals surface area contributed by atoms with Gasteiger partial charge in [-0.25, -0.2) is 14.1 Å². The van der Waals surface area contributed by atoms with E-state index in [-0.39, 0.29) is 18.1 Å². The number of halogens is 1. The summed E-state index contributed by atoms with van der Waals surface area (Å²) in [5, 5.41) is 16.8. The molecule has 0 aliphatic carbocycles. The largest absolute Gasteiger partial charge is 0.384 e. The SMILES string of the molecule is COCCc1nnc(NC(=O)c2nn(Cc3ccccc3F)c3ncccc23)s1. The molecule has 10 heteroatoms. The van der Waals surface area contributed by atoms with Crippen molar-refractivity contribution in [3.05, 3.63) is 64.7 Å². The normalized spacial score (nSPS) is 11.1. The van der Waals surface area contributed by atoms with Gasteiger partial charge in [-0.15, -0.1) is 10.2 Å². The van der Waals surface area contributed by atoms with Crippen LogP contribution in [0.1, 0.15) is 21.1 Å². The molecule has 0 aliphatic heterocycles. The van der Waals surface area contributed by atoms with Gasteiger partial charge in [-0.3, -0.25) is 10.1 Å². The van der Waals surface area contributed by atoms with E-state index in [2.05, 4.69) is 25.6 Å². The number of carbonyl (C=O) groups is 1. The molecule has 0 atom stereocenters. The quantitative estimate of drug-likeness (QED) is 0.502. The molecule has 1 amide bonds. The number of ether oxygens (including phenoxy) is 1.